The van der Waals surface area contributed by atoms with Crippen LogP contribution in [0.1, 0.15) is 31.2 Å². The number of nitrogens with two attached hydrogens (primary N) is 1. The van der Waals surface area contributed by atoms with Crippen molar-refractivity contribution in [3.05, 3.63) is 23.9 Å². The molecule has 1 aliphatic rings. The molecule has 0 radical (unpaired) electrons. The Balaban J connectivity index is 1.88. The fraction of sp³-hybridized carbons (Fsp3) is 0.538. The minimum atomic E-state index is 0.357. The van der Waals surface area contributed by atoms with E-state index in [0.717, 1.165) is 25.7 Å². The molecule has 0 saturated heterocycles. The van der Waals surface area contributed by atoms with Crippen LogP contribution in [0.15, 0.2) is 18.3 Å². The Morgan fingerprint density at radius 2 is 2.18 bits per heavy atom. The molecule has 4 heteroatoms. The van der Waals surface area contributed by atoms with Crippen molar-refractivity contribution in [3.8, 4) is 11.9 Å². The second kappa shape index (κ2) is 5.65. The summed E-state index contributed by atoms with van der Waals surface area (Å²) in [5, 5.41) is 8.90. The van der Waals surface area contributed by atoms with Gasteiger partial charge in [-0.25, -0.2) is 4.98 Å². The maximum absolute atomic E-state index is 8.90. The summed E-state index contributed by atoms with van der Waals surface area (Å²) in [5.74, 6) is 0.994. The third-order valence-electron chi connectivity index (χ3n) is 3.24. The fourth-order valence-corrected chi connectivity index (χ4v) is 2.14. The van der Waals surface area contributed by atoms with Crippen molar-refractivity contribution in [2.45, 2.75) is 31.7 Å². The van der Waals surface area contributed by atoms with E-state index in [1.54, 1.807) is 18.3 Å². The average Bonchev–Trinajstić information content (AvgIpc) is 2.38. The Morgan fingerprint density at radius 1 is 1.41 bits per heavy atom. The summed E-state index contributed by atoms with van der Waals surface area (Å²) in [6, 6.07) is 5.90. The number of hydrogen-bond acceptors (Lipinski definition) is 4. The maximum atomic E-state index is 8.90. The highest BCUT2D eigenvalue weighted by Gasteiger charge is 2.19. The van der Waals surface area contributed by atoms with Crippen LogP contribution in [0.3, 0.4) is 0 Å². The van der Waals surface area contributed by atoms with Crippen LogP contribution in [0.25, 0.3) is 0 Å². The van der Waals surface area contributed by atoms with Crippen LogP contribution in [0, 0.1) is 17.2 Å². The summed E-state index contributed by atoms with van der Waals surface area (Å²) < 4.78 is 5.63. The summed E-state index contributed by atoms with van der Waals surface area (Å²) in [4.78, 5) is 4.08. The van der Waals surface area contributed by atoms with Crippen molar-refractivity contribution < 1.29 is 4.74 Å². The van der Waals surface area contributed by atoms with E-state index >= 15 is 0 Å². The van der Waals surface area contributed by atoms with Crippen LogP contribution in [0.2, 0.25) is 0 Å². The van der Waals surface area contributed by atoms with Gasteiger partial charge in [0.05, 0.1) is 6.61 Å². The first-order chi connectivity index (χ1) is 8.29. The first-order valence-corrected chi connectivity index (χ1v) is 6.03. The van der Waals surface area contributed by atoms with E-state index in [0.29, 0.717) is 30.0 Å². The van der Waals surface area contributed by atoms with Gasteiger partial charge in [0.15, 0.2) is 0 Å². The quantitative estimate of drug-likeness (QED) is 0.861. The van der Waals surface area contributed by atoms with Gasteiger partial charge < -0.3 is 10.5 Å². The average molecular weight is 231 g/mol. The highest BCUT2D eigenvalue weighted by atomic mass is 16.5. The number of nitrogens with zero attached hydrogens (tertiary/aromatic N) is 2. The van der Waals surface area contributed by atoms with Crippen molar-refractivity contribution in [1.29, 1.82) is 5.26 Å². The van der Waals surface area contributed by atoms with E-state index in [-0.39, 0.29) is 0 Å². The molecule has 2 N–H and O–H groups in total. The molecule has 1 aromatic rings. The number of ether oxygens (including phenoxy) is 1. The molecule has 1 fully saturated rings. The van der Waals surface area contributed by atoms with Crippen molar-refractivity contribution in [3.63, 3.8) is 0 Å². The predicted octanol–water partition coefficient (Wildman–Crippen LogP) is 1.85. The van der Waals surface area contributed by atoms with Gasteiger partial charge in [0, 0.05) is 12.2 Å². The lowest BCUT2D eigenvalue weighted by Crippen LogP contribution is -2.28. The summed E-state index contributed by atoms with van der Waals surface area (Å²) in [7, 11) is 0. The second-order valence-electron chi connectivity index (χ2n) is 4.56. The zero-order chi connectivity index (χ0) is 12.1. The molecule has 0 unspecified atom stereocenters. The molecule has 0 spiro atoms. The Kier molecular flexibility index (Phi) is 3.94. The minimum Gasteiger partial charge on any atom is -0.476 e. The Labute approximate surface area is 101 Å². The molecule has 2 rings (SSSR count). The molecule has 1 saturated carbocycles. The normalized spacial score (nSPS) is 24.0. The minimum absolute atomic E-state index is 0.357. The molecule has 0 aliphatic heterocycles. The first-order valence-electron chi connectivity index (χ1n) is 6.03. The summed E-state index contributed by atoms with van der Waals surface area (Å²) in [6.45, 7) is 0.637. The number of hydrogen-bond donors (Lipinski definition) is 1. The molecule has 0 atom stereocenters. The monoisotopic (exact) mass is 231 g/mol. The van der Waals surface area contributed by atoms with Crippen LogP contribution >= 0.6 is 0 Å². The van der Waals surface area contributed by atoms with Crippen molar-refractivity contribution in [2.75, 3.05) is 6.61 Å². The molecule has 4 nitrogen and oxygen atoms in total. The number of aromatic nitrogens is 1. The van der Waals surface area contributed by atoms with E-state index in [1.807, 2.05) is 0 Å². The van der Waals surface area contributed by atoms with E-state index in [1.165, 1.54) is 0 Å². The summed E-state index contributed by atoms with van der Waals surface area (Å²) in [6.07, 6.45) is 6.00. The Bertz CT molecular complexity index is 405. The van der Waals surface area contributed by atoms with Crippen LogP contribution in [0.5, 0.6) is 5.88 Å². The van der Waals surface area contributed by atoms with Gasteiger partial charge in [0.1, 0.15) is 11.6 Å². The predicted molar refractivity (Wildman–Crippen MR) is 64.4 cm³/mol. The van der Waals surface area contributed by atoms with Gasteiger partial charge in [-0.1, -0.05) is 0 Å². The van der Waals surface area contributed by atoms with Crippen molar-refractivity contribution >= 4 is 0 Å². The first kappa shape index (κ1) is 11.9. The second-order valence-corrected chi connectivity index (χ2v) is 4.56. The van der Waals surface area contributed by atoms with Gasteiger partial charge in [-0.15, -0.1) is 0 Å². The molecule has 90 valence electrons. The lowest BCUT2D eigenvalue weighted by atomic mass is 9.87. The highest BCUT2D eigenvalue weighted by Crippen LogP contribution is 2.24. The molecular weight excluding hydrogens is 214 g/mol. The number of rotatable bonds is 3. The van der Waals surface area contributed by atoms with E-state index < -0.39 is 0 Å². The van der Waals surface area contributed by atoms with Gasteiger partial charge in [-0.05, 0) is 43.7 Å². The van der Waals surface area contributed by atoms with Crippen LogP contribution < -0.4 is 10.5 Å². The lowest BCUT2D eigenvalue weighted by molar-refractivity contribution is 0.195. The molecule has 0 amide bonds. The van der Waals surface area contributed by atoms with Gasteiger partial charge in [-0.2, -0.15) is 5.26 Å². The summed E-state index contributed by atoms with van der Waals surface area (Å²) >= 11 is 0. The van der Waals surface area contributed by atoms with Gasteiger partial charge in [-0.3, -0.25) is 0 Å². The molecule has 1 aliphatic carbocycles. The molecule has 1 heterocycles. The maximum Gasteiger partial charge on any atom is 0.231 e. The van der Waals surface area contributed by atoms with E-state index in [2.05, 4.69) is 11.1 Å². The van der Waals surface area contributed by atoms with Gasteiger partial charge in [0.2, 0.25) is 5.88 Å². The summed E-state index contributed by atoms with van der Waals surface area (Å²) in [5.41, 5.74) is 6.35. The zero-order valence-electron chi connectivity index (χ0n) is 9.80. The standard InChI is InChI=1S/C13H17N3O/c14-8-11-2-1-7-16-13(11)17-9-10-3-5-12(15)6-4-10/h1-2,7,10,12H,3-6,9,15H2. The van der Waals surface area contributed by atoms with Gasteiger partial charge in [0.25, 0.3) is 0 Å². The molecule has 0 aromatic carbocycles. The third kappa shape index (κ3) is 3.18. The SMILES string of the molecule is N#Cc1cccnc1OCC1CCC(N)CC1. The Hall–Kier alpha value is -1.60. The number of nitriles is 1. The highest BCUT2D eigenvalue weighted by molar-refractivity contribution is 5.36. The topological polar surface area (TPSA) is 71.9 Å². The van der Waals surface area contributed by atoms with Crippen LogP contribution in [-0.2, 0) is 0 Å². The lowest BCUT2D eigenvalue weighted by Gasteiger charge is -2.25. The molecule has 17 heavy (non-hydrogen) atoms. The third-order valence-corrected chi connectivity index (χ3v) is 3.24. The zero-order valence-corrected chi connectivity index (χ0v) is 9.80. The largest absolute Gasteiger partial charge is 0.476 e. The van der Waals surface area contributed by atoms with Crippen LogP contribution in [0.4, 0.5) is 0 Å². The fourth-order valence-electron chi connectivity index (χ4n) is 2.14. The smallest absolute Gasteiger partial charge is 0.231 e. The molecular formula is C13H17N3O. The van der Waals surface area contributed by atoms with Crippen molar-refractivity contribution in [2.24, 2.45) is 11.7 Å². The van der Waals surface area contributed by atoms with Crippen LogP contribution in [-0.4, -0.2) is 17.6 Å². The molecule has 0 bridgehead atoms. The Morgan fingerprint density at radius 3 is 2.88 bits per heavy atom. The molecule has 1 aromatic heterocycles. The van der Waals surface area contributed by atoms with Gasteiger partial charge >= 0.3 is 0 Å². The van der Waals surface area contributed by atoms with Crippen molar-refractivity contribution in [1.82, 2.24) is 4.98 Å². The number of pyridine rings is 1. The van der Waals surface area contributed by atoms with E-state index in [9.17, 15) is 0 Å². The van der Waals surface area contributed by atoms with E-state index in [4.69, 9.17) is 15.7 Å².